The van der Waals surface area contributed by atoms with Crippen molar-refractivity contribution >= 4 is 29.0 Å². The van der Waals surface area contributed by atoms with Crippen molar-refractivity contribution in [2.45, 2.75) is 51.6 Å². The van der Waals surface area contributed by atoms with E-state index in [2.05, 4.69) is 42.4 Å². The molecule has 0 aliphatic heterocycles. The largest absolute Gasteiger partial charge is 0.355 e. The summed E-state index contributed by atoms with van der Waals surface area (Å²) in [5, 5.41) is 12.4. The van der Waals surface area contributed by atoms with Crippen LogP contribution in [0.4, 0.5) is 0 Å². The van der Waals surface area contributed by atoms with Gasteiger partial charge in [0.05, 0.1) is 10.6 Å². The van der Waals surface area contributed by atoms with Crippen LogP contribution >= 0.6 is 23.1 Å². The zero-order valence-corrected chi connectivity index (χ0v) is 17.7. The van der Waals surface area contributed by atoms with Gasteiger partial charge < -0.3 is 9.88 Å². The van der Waals surface area contributed by atoms with Crippen molar-refractivity contribution in [3.63, 3.8) is 0 Å². The van der Waals surface area contributed by atoms with Crippen LogP contribution in [0.1, 0.15) is 44.1 Å². The number of carbonyl (C=O) groups is 1. The fraction of sp³-hybridized carbons (Fsp3) is 0.632. The number of fused-ring (bicyclic) bond motifs is 1. The molecule has 0 aromatic carbocycles. The Bertz CT molecular complexity index is 766. The standard InChI is InChI=1S/C19H28N4OS2/c1-5-13-6-7-15-14(8-13)9-16(26-15)18-21-22-19(23(18)4)25-11-17(24)20-10-12(2)3/h9,12-13H,5-8,10-11H2,1-4H3,(H,20,24)/t13-/m1/s1. The minimum Gasteiger partial charge on any atom is -0.355 e. The van der Waals surface area contributed by atoms with Crippen molar-refractivity contribution in [1.82, 2.24) is 20.1 Å². The van der Waals surface area contributed by atoms with Gasteiger partial charge in [-0.1, -0.05) is 39.0 Å². The van der Waals surface area contributed by atoms with Crippen molar-refractivity contribution in [3.05, 3.63) is 16.5 Å². The number of thiophene rings is 1. The Morgan fingerprint density at radius 1 is 1.46 bits per heavy atom. The highest BCUT2D eigenvalue weighted by molar-refractivity contribution is 7.99. The monoisotopic (exact) mass is 392 g/mol. The van der Waals surface area contributed by atoms with Gasteiger partial charge in [0.25, 0.3) is 0 Å². The summed E-state index contributed by atoms with van der Waals surface area (Å²) >= 11 is 3.30. The highest BCUT2D eigenvalue weighted by Crippen LogP contribution is 2.37. The maximum absolute atomic E-state index is 11.9. The lowest BCUT2D eigenvalue weighted by Crippen LogP contribution is -2.28. The van der Waals surface area contributed by atoms with E-state index in [1.807, 2.05) is 23.0 Å². The number of nitrogens with one attached hydrogen (secondary N) is 1. The summed E-state index contributed by atoms with van der Waals surface area (Å²) in [5.74, 6) is 2.60. The summed E-state index contributed by atoms with van der Waals surface area (Å²) in [4.78, 5) is 14.6. The van der Waals surface area contributed by atoms with Gasteiger partial charge >= 0.3 is 0 Å². The molecule has 0 radical (unpaired) electrons. The van der Waals surface area contributed by atoms with Gasteiger partial charge in [0, 0.05) is 18.5 Å². The minimum atomic E-state index is 0.0467. The van der Waals surface area contributed by atoms with Crippen LogP contribution in [-0.4, -0.2) is 33.0 Å². The molecule has 7 heteroatoms. The van der Waals surface area contributed by atoms with Crippen LogP contribution in [0, 0.1) is 11.8 Å². The van der Waals surface area contributed by atoms with E-state index in [9.17, 15) is 4.79 Å². The minimum absolute atomic E-state index is 0.0467. The summed E-state index contributed by atoms with van der Waals surface area (Å²) in [5.41, 5.74) is 1.49. The third-order valence-electron chi connectivity index (χ3n) is 4.86. The number of hydrogen-bond acceptors (Lipinski definition) is 5. The Balaban J connectivity index is 1.66. The molecule has 1 amide bonds. The van der Waals surface area contributed by atoms with E-state index in [-0.39, 0.29) is 5.91 Å². The quantitative estimate of drug-likeness (QED) is 0.726. The van der Waals surface area contributed by atoms with Crippen LogP contribution in [0.3, 0.4) is 0 Å². The Kier molecular flexibility index (Phi) is 6.40. The van der Waals surface area contributed by atoms with Gasteiger partial charge in [-0.25, -0.2) is 0 Å². The molecule has 0 saturated carbocycles. The maximum atomic E-state index is 11.9. The fourth-order valence-corrected chi connectivity index (χ4v) is 5.18. The maximum Gasteiger partial charge on any atom is 0.230 e. The van der Waals surface area contributed by atoms with E-state index in [0.717, 1.165) is 16.9 Å². The normalized spacial score (nSPS) is 16.7. The first kappa shape index (κ1) is 19.4. The lowest BCUT2D eigenvalue weighted by atomic mass is 9.87. The second-order valence-electron chi connectivity index (χ2n) is 7.43. The van der Waals surface area contributed by atoms with E-state index in [4.69, 9.17) is 0 Å². The summed E-state index contributed by atoms with van der Waals surface area (Å²) in [6.07, 6.45) is 4.94. The molecule has 2 aromatic rings. The number of amides is 1. The van der Waals surface area contributed by atoms with Crippen molar-refractivity contribution < 1.29 is 4.79 Å². The Morgan fingerprint density at radius 2 is 2.27 bits per heavy atom. The lowest BCUT2D eigenvalue weighted by molar-refractivity contribution is -0.118. The van der Waals surface area contributed by atoms with Gasteiger partial charge in [-0.3, -0.25) is 4.79 Å². The zero-order chi connectivity index (χ0) is 18.7. The smallest absolute Gasteiger partial charge is 0.230 e. The number of rotatable bonds is 7. The molecule has 0 bridgehead atoms. The summed E-state index contributed by atoms with van der Waals surface area (Å²) in [6.45, 7) is 7.17. The molecule has 26 heavy (non-hydrogen) atoms. The Hall–Kier alpha value is -1.34. The number of hydrogen-bond donors (Lipinski definition) is 1. The third kappa shape index (κ3) is 4.49. The molecule has 2 aromatic heterocycles. The molecule has 1 N–H and O–H groups in total. The first-order chi connectivity index (χ1) is 12.5. The van der Waals surface area contributed by atoms with E-state index in [1.165, 1.54) is 52.8 Å². The van der Waals surface area contributed by atoms with Gasteiger partial charge in [-0.2, -0.15) is 0 Å². The molecular weight excluding hydrogens is 364 g/mol. The van der Waals surface area contributed by atoms with E-state index >= 15 is 0 Å². The molecule has 0 spiro atoms. The number of thioether (sulfide) groups is 1. The number of aromatic nitrogens is 3. The molecule has 1 aliphatic carbocycles. The van der Waals surface area contributed by atoms with E-state index in [1.54, 1.807) is 0 Å². The summed E-state index contributed by atoms with van der Waals surface area (Å²) < 4.78 is 2.01. The highest BCUT2D eigenvalue weighted by Gasteiger charge is 2.22. The molecule has 1 atom stereocenters. The lowest BCUT2D eigenvalue weighted by Gasteiger charge is -2.19. The number of nitrogens with zero attached hydrogens (tertiary/aromatic N) is 3. The van der Waals surface area contributed by atoms with Crippen LogP contribution in [0.2, 0.25) is 0 Å². The molecule has 0 saturated heterocycles. The number of aryl methyl sites for hydroxylation is 1. The van der Waals surface area contributed by atoms with Gasteiger partial charge in [-0.15, -0.1) is 21.5 Å². The number of carbonyl (C=O) groups excluding carboxylic acids is 1. The molecule has 0 fully saturated rings. The van der Waals surface area contributed by atoms with Crippen LogP contribution < -0.4 is 5.32 Å². The predicted octanol–water partition coefficient (Wildman–Crippen LogP) is 3.92. The van der Waals surface area contributed by atoms with Gasteiger partial charge in [-0.05, 0) is 42.7 Å². The van der Waals surface area contributed by atoms with Crippen LogP contribution in [0.25, 0.3) is 10.7 Å². The molecule has 142 valence electrons. The van der Waals surface area contributed by atoms with Gasteiger partial charge in [0.15, 0.2) is 11.0 Å². The van der Waals surface area contributed by atoms with Crippen molar-refractivity contribution in [2.24, 2.45) is 18.9 Å². The Labute approximate surface area is 164 Å². The molecule has 2 heterocycles. The average molecular weight is 393 g/mol. The average Bonchev–Trinajstić information content (AvgIpc) is 3.20. The predicted molar refractivity (Wildman–Crippen MR) is 109 cm³/mol. The van der Waals surface area contributed by atoms with E-state index < -0.39 is 0 Å². The zero-order valence-electron chi connectivity index (χ0n) is 16.0. The molecule has 3 rings (SSSR count). The van der Waals surface area contributed by atoms with Gasteiger partial charge in [0.1, 0.15) is 0 Å². The third-order valence-corrected chi connectivity index (χ3v) is 7.11. The molecular formula is C19H28N4OS2. The first-order valence-electron chi connectivity index (χ1n) is 9.38. The van der Waals surface area contributed by atoms with Crippen molar-refractivity contribution in [3.8, 4) is 10.7 Å². The molecule has 5 nitrogen and oxygen atoms in total. The van der Waals surface area contributed by atoms with Crippen LogP contribution in [-0.2, 0) is 24.7 Å². The Morgan fingerprint density at radius 3 is 3.00 bits per heavy atom. The van der Waals surface area contributed by atoms with E-state index in [0.29, 0.717) is 18.2 Å². The summed E-state index contributed by atoms with van der Waals surface area (Å²) in [7, 11) is 1.98. The molecule has 1 aliphatic rings. The topological polar surface area (TPSA) is 59.8 Å². The van der Waals surface area contributed by atoms with Crippen LogP contribution in [0.5, 0.6) is 0 Å². The fourth-order valence-electron chi connectivity index (χ4n) is 3.21. The highest BCUT2D eigenvalue weighted by atomic mass is 32.2. The van der Waals surface area contributed by atoms with Crippen molar-refractivity contribution in [2.75, 3.05) is 12.3 Å². The second kappa shape index (κ2) is 8.57. The van der Waals surface area contributed by atoms with Gasteiger partial charge in [0.2, 0.25) is 5.91 Å². The summed E-state index contributed by atoms with van der Waals surface area (Å²) in [6, 6.07) is 2.30. The van der Waals surface area contributed by atoms with Crippen molar-refractivity contribution in [1.29, 1.82) is 0 Å². The second-order valence-corrected chi connectivity index (χ2v) is 9.51. The van der Waals surface area contributed by atoms with Crippen LogP contribution in [0.15, 0.2) is 11.2 Å². The SMILES string of the molecule is CC[C@@H]1CCc2sc(-c3nnc(SCC(=O)NCC(C)C)n3C)cc2C1. The molecule has 0 unspecified atom stereocenters. The first-order valence-corrected chi connectivity index (χ1v) is 11.2.